The molecule has 1 unspecified atom stereocenters. The highest BCUT2D eigenvalue weighted by molar-refractivity contribution is 5.87. The molecule has 2 aliphatic heterocycles. The average molecular weight is 365 g/mol. The van der Waals surface area contributed by atoms with Gasteiger partial charge in [0, 0.05) is 36.6 Å². The van der Waals surface area contributed by atoms with Crippen molar-refractivity contribution < 1.29 is 19.4 Å². The lowest BCUT2D eigenvalue weighted by Gasteiger charge is -2.44. The molecule has 2 aliphatic rings. The maximum atomic E-state index is 11.9. The van der Waals surface area contributed by atoms with Crippen molar-refractivity contribution in [3.63, 3.8) is 0 Å². The lowest BCUT2D eigenvalue weighted by Crippen LogP contribution is -2.51. The number of ether oxygens (including phenoxy) is 2. The Bertz CT molecular complexity index is 878. The Kier molecular flexibility index (Phi) is 4.62. The molecule has 2 heterocycles. The van der Waals surface area contributed by atoms with Gasteiger partial charge in [-0.15, -0.1) is 0 Å². The van der Waals surface area contributed by atoms with Gasteiger partial charge in [-0.1, -0.05) is 36.9 Å². The minimum atomic E-state index is -0.661. The summed E-state index contributed by atoms with van der Waals surface area (Å²) in [7, 11) is 1.65. The quantitative estimate of drug-likeness (QED) is 0.849. The molecule has 1 N–H and O–H groups in total. The maximum Gasteiger partial charge on any atom is 0.245 e. The Balaban J connectivity index is 1.65. The first kappa shape index (κ1) is 17.6. The van der Waals surface area contributed by atoms with Crippen molar-refractivity contribution in [3.8, 4) is 22.6 Å². The zero-order valence-corrected chi connectivity index (χ0v) is 15.3. The number of carbonyl (C=O) groups is 1. The number of amides is 1. The number of aliphatic hydroxyl groups excluding tert-OH is 1. The van der Waals surface area contributed by atoms with Gasteiger partial charge < -0.3 is 19.5 Å². The molecular weight excluding hydrogens is 342 g/mol. The van der Waals surface area contributed by atoms with Crippen LogP contribution in [0.4, 0.5) is 0 Å². The van der Waals surface area contributed by atoms with Crippen molar-refractivity contribution in [2.75, 3.05) is 20.2 Å². The fraction of sp³-hybridized carbons (Fsp3) is 0.318. The molecule has 5 nitrogen and oxygen atoms in total. The van der Waals surface area contributed by atoms with E-state index in [1.54, 1.807) is 12.0 Å². The lowest BCUT2D eigenvalue weighted by atomic mass is 9.83. The normalized spacial score (nSPS) is 23.6. The molecule has 1 fully saturated rings. The van der Waals surface area contributed by atoms with Gasteiger partial charge in [0.05, 0.1) is 13.2 Å². The zero-order chi connectivity index (χ0) is 19.0. The average Bonchev–Trinajstić information content (AvgIpc) is 2.72. The number of para-hydroxylation sites is 1. The van der Waals surface area contributed by atoms with Crippen LogP contribution in [0.25, 0.3) is 11.1 Å². The number of hydrogen-bond acceptors (Lipinski definition) is 4. The second-order valence-electron chi connectivity index (χ2n) is 6.99. The number of piperidine rings is 1. The predicted molar refractivity (Wildman–Crippen MR) is 103 cm³/mol. The Labute approximate surface area is 158 Å². The second-order valence-corrected chi connectivity index (χ2v) is 6.99. The van der Waals surface area contributed by atoms with Crippen molar-refractivity contribution in [1.29, 1.82) is 0 Å². The molecule has 27 heavy (non-hydrogen) atoms. The zero-order valence-electron chi connectivity index (χ0n) is 15.3. The van der Waals surface area contributed by atoms with Gasteiger partial charge in [0.2, 0.25) is 5.91 Å². The molecule has 5 heteroatoms. The number of carbonyl (C=O) groups excluding carboxylic acids is 1. The highest BCUT2D eigenvalue weighted by Gasteiger charge is 2.41. The van der Waals surface area contributed by atoms with Crippen molar-refractivity contribution in [3.05, 3.63) is 60.7 Å². The SMILES string of the molecule is C=CC(=O)N1CC[C@@H]2Oc3cc(-c4ccccc4OC)ccc3C(O)[C@@H]2C1. The van der Waals surface area contributed by atoms with Gasteiger partial charge in [-0.25, -0.2) is 0 Å². The van der Waals surface area contributed by atoms with Crippen LogP contribution in [-0.2, 0) is 4.79 Å². The van der Waals surface area contributed by atoms with E-state index in [0.29, 0.717) is 25.3 Å². The number of aliphatic hydroxyl groups is 1. The van der Waals surface area contributed by atoms with Crippen LogP contribution in [-0.4, -0.2) is 42.2 Å². The van der Waals surface area contributed by atoms with E-state index >= 15 is 0 Å². The summed E-state index contributed by atoms with van der Waals surface area (Å²) in [6.07, 6.45) is 1.25. The van der Waals surface area contributed by atoms with E-state index in [1.165, 1.54) is 6.08 Å². The van der Waals surface area contributed by atoms with E-state index in [0.717, 1.165) is 22.4 Å². The highest BCUT2D eigenvalue weighted by atomic mass is 16.5. The Morgan fingerprint density at radius 3 is 2.93 bits per heavy atom. The van der Waals surface area contributed by atoms with E-state index in [-0.39, 0.29) is 17.9 Å². The fourth-order valence-electron chi connectivity index (χ4n) is 4.06. The van der Waals surface area contributed by atoms with Crippen LogP contribution >= 0.6 is 0 Å². The molecule has 140 valence electrons. The minimum absolute atomic E-state index is 0.0991. The summed E-state index contributed by atoms with van der Waals surface area (Å²) < 4.78 is 11.7. The van der Waals surface area contributed by atoms with Gasteiger partial charge in [-0.3, -0.25) is 4.79 Å². The summed E-state index contributed by atoms with van der Waals surface area (Å²) in [5.41, 5.74) is 2.73. The van der Waals surface area contributed by atoms with Crippen LogP contribution in [0.2, 0.25) is 0 Å². The molecule has 4 rings (SSSR count). The molecular formula is C22H23NO4. The summed E-state index contributed by atoms with van der Waals surface area (Å²) in [5, 5.41) is 10.9. The van der Waals surface area contributed by atoms with E-state index < -0.39 is 6.10 Å². The van der Waals surface area contributed by atoms with Gasteiger partial charge in [0.1, 0.15) is 17.6 Å². The summed E-state index contributed by atoms with van der Waals surface area (Å²) >= 11 is 0. The molecule has 0 aromatic heterocycles. The van der Waals surface area contributed by atoms with Crippen LogP contribution in [0.5, 0.6) is 11.5 Å². The molecule has 3 atom stereocenters. The van der Waals surface area contributed by atoms with Gasteiger partial charge in [-0.2, -0.15) is 0 Å². The van der Waals surface area contributed by atoms with E-state index in [1.807, 2.05) is 42.5 Å². The highest BCUT2D eigenvalue weighted by Crippen LogP contribution is 2.44. The summed E-state index contributed by atoms with van der Waals surface area (Å²) in [5.74, 6) is 1.27. The van der Waals surface area contributed by atoms with E-state index in [9.17, 15) is 9.90 Å². The van der Waals surface area contributed by atoms with Gasteiger partial charge in [-0.05, 0) is 23.8 Å². The van der Waals surface area contributed by atoms with E-state index in [2.05, 4.69) is 6.58 Å². The molecule has 0 spiro atoms. The topological polar surface area (TPSA) is 59.0 Å². The van der Waals surface area contributed by atoms with Crippen LogP contribution in [0.1, 0.15) is 18.1 Å². The third-order valence-corrected chi connectivity index (χ3v) is 5.51. The molecule has 0 saturated carbocycles. The third-order valence-electron chi connectivity index (χ3n) is 5.51. The molecule has 0 radical (unpaired) electrons. The molecule has 1 amide bonds. The van der Waals surface area contributed by atoms with Crippen molar-refractivity contribution >= 4 is 5.91 Å². The van der Waals surface area contributed by atoms with Crippen molar-refractivity contribution in [1.82, 2.24) is 4.90 Å². The minimum Gasteiger partial charge on any atom is -0.496 e. The first-order chi connectivity index (χ1) is 13.1. The molecule has 2 aromatic carbocycles. The Morgan fingerprint density at radius 1 is 1.33 bits per heavy atom. The van der Waals surface area contributed by atoms with E-state index in [4.69, 9.17) is 9.47 Å². The number of fused-ring (bicyclic) bond motifs is 2. The first-order valence-electron chi connectivity index (χ1n) is 9.15. The van der Waals surface area contributed by atoms with Crippen LogP contribution in [0, 0.1) is 5.92 Å². The predicted octanol–water partition coefficient (Wildman–Crippen LogP) is 3.19. The molecule has 0 bridgehead atoms. The molecule has 0 aliphatic carbocycles. The molecule has 2 aromatic rings. The second kappa shape index (κ2) is 7.08. The van der Waals surface area contributed by atoms with Crippen LogP contribution in [0.15, 0.2) is 55.1 Å². The third kappa shape index (κ3) is 3.08. The lowest BCUT2D eigenvalue weighted by molar-refractivity contribution is -0.132. The number of likely N-dealkylation sites (tertiary alicyclic amines) is 1. The number of nitrogens with zero attached hydrogens (tertiary/aromatic N) is 1. The smallest absolute Gasteiger partial charge is 0.245 e. The summed E-state index contributed by atoms with van der Waals surface area (Å²) in [6, 6.07) is 13.7. The van der Waals surface area contributed by atoms with Crippen LogP contribution in [0.3, 0.4) is 0 Å². The van der Waals surface area contributed by atoms with Gasteiger partial charge in [0.15, 0.2) is 0 Å². The number of hydrogen-bond donors (Lipinski definition) is 1. The number of rotatable bonds is 3. The summed E-state index contributed by atoms with van der Waals surface area (Å²) in [4.78, 5) is 13.7. The maximum absolute atomic E-state index is 11.9. The summed E-state index contributed by atoms with van der Waals surface area (Å²) in [6.45, 7) is 4.64. The standard InChI is InChI=1S/C22H23NO4/c1-3-21(24)23-11-10-19-17(13-23)22(25)16-9-8-14(12-20(16)27-19)15-6-4-5-7-18(15)26-2/h3-9,12,17,19,22,25H,1,10-11,13H2,2H3/t17-,19+,22?/m1/s1. The monoisotopic (exact) mass is 365 g/mol. The Morgan fingerprint density at radius 2 is 2.15 bits per heavy atom. The number of benzene rings is 2. The van der Waals surface area contributed by atoms with Crippen molar-refractivity contribution in [2.24, 2.45) is 5.92 Å². The molecule has 1 saturated heterocycles. The first-order valence-corrected chi connectivity index (χ1v) is 9.15. The van der Waals surface area contributed by atoms with Crippen LogP contribution < -0.4 is 9.47 Å². The number of methoxy groups -OCH3 is 1. The van der Waals surface area contributed by atoms with Gasteiger partial charge in [0.25, 0.3) is 0 Å². The Hall–Kier alpha value is -2.79. The van der Waals surface area contributed by atoms with Crippen molar-refractivity contribution in [2.45, 2.75) is 18.6 Å². The van der Waals surface area contributed by atoms with Gasteiger partial charge >= 0.3 is 0 Å². The largest absolute Gasteiger partial charge is 0.496 e. The fourth-order valence-corrected chi connectivity index (χ4v) is 4.06.